The third-order valence-electron chi connectivity index (χ3n) is 3.24. The summed E-state index contributed by atoms with van der Waals surface area (Å²) in [6.07, 6.45) is 0. The molecule has 2 aromatic rings. The molecule has 1 unspecified atom stereocenters. The van der Waals surface area contributed by atoms with Crippen molar-refractivity contribution in [3.8, 4) is 11.3 Å². The maximum atomic E-state index is 14.3. The molecule has 0 spiro atoms. The van der Waals surface area contributed by atoms with Gasteiger partial charge in [0.05, 0.1) is 20.7 Å². The van der Waals surface area contributed by atoms with E-state index in [0.717, 1.165) is 6.07 Å². The third kappa shape index (κ3) is 3.29. The Kier molecular flexibility index (Phi) is 5.17. The highest BCUT2D eigenvalue weighted by Crippen LogP contribution is 2.29. The van der Waals surface area contributed by atoms with Gasteiger partial charge in [-0.2, -0.15) is 5.10 Å². The van der Waals surface area contributed by atoms with Gasteiger partial charge in [-0.3, -0.25) is 13.6 Å². The van der Waals surface area contributed by atoms with Crippen molar-refractivity contribution in [2.75, 3.05) is 0 Å². The van der Waals surface area contributed by atoms with E-state index in [2.05, 4.69) is 5.10 Å². The zero-order chi connectivity index (χ0) is 17.5. The molecule has 1 aromatic carbocycles. The fraction of sp³-hybridized carbons (Fsp3) is 0.357. The zero-order valence-electron chi connectivity index (χ0n) is 13.0. The first-order valence-corrected chi connectivity index (χ1v) is 8.69. The molecule has 1 heterocycles. The Morgan fingerprint density at radius 3 is 2.52 bits per heavy atom. The molecular weight excluding hydrogens is 361 g/mol. The minimum absolute atomic E-state index is 0.0513. The Balaban J connectivity index is 2.80. The second-order valence-electron chi connectivity index (χ2n) is 5.23. The van der Waals surface area contributed by atoms with Crippen molar-refractivity contribution < 1.29 is 8.60 Å². The number of benzene rings is 1. The predicted molar refractivity (Wildman–Crippen MR) is 91.2 cm³/mol. The molecule has 0 bridgehead atoms. The van der Waals surface area contributed by atoms with Crippen LogP contribution in [-0.4, -0.2) is 23.8 Å². The van der Waals surface area contributed by atoms with Crippen LogP contribution in [0.4, 0.5) is 4.39 Å². The first kappa shape index (κ1) is 18.0. The molecule has 0 aliphatic carbocycles. The average molecular weight is 376 g/mol. The molecular formula is C14H15ClFN3O2S2. The van der Waals surface area contributed by atoms with Crippen LogP contribution < -0.4 is 5.56 Å². The van der Waals surface area contributed by atoms with E-state index in [0.29, 0.717) is 0 Å². The molecule has 1 atom stereocenters. The smallest absolute Gasteiger partial charge is 0.280 e. The standard InChI is InChI=1S/C14H15ClFN3O2S2/c1-7(2)23(21)11-5-8(10(16)6-9(11)15)12-13(20)18(3)14(22)19(4)17-12/h5-7H,1-4H3. The number of halogens is 2. The lowest BCUT2D eigenvalue weighted by molar-refractivity contribution is 0.612. The lowest BCUT2D eigenvalue weighted by Gasteiger charge is -2.12. The Morgan fingerprint density at radius 2 is 1.96 bits per heavy atom. The summed E-state index contributed by atoms with van der Waals surface area (Å²) in [6, 6.07) is 2.37. The van der Waals surface area contributed by atoms with E-state index in [1.54, 1.807) is 20.9 Å². The molecule has 9 heteroatoms. The Bertz CT molecular complexity index is 921. The summed E-state index contributed by atoms with van der Waals surface area (Å²) in [5.41, 5.74) is -0.694. The first-order valence-electron chi connectivity index (χ1n) is 6.69. The summed E-state index contributed by atoms with van der Waals surface area (Å²) in [4.78, 5) is 12.6. The quantitative estimate of drug-likeness (QED) is 0.774. The minimum atomic E-state index is -1.42. The summed E-state index contributed by atoms with van der Waals surface area (Å²) in [5, 5.41) is 3.89. The number of hydrogen-bond acceptors (Lipinski definition) is 4. The van der Waals surface area contributed by atoms with Gasteiger partial charge in [-0.05, 0) is 24.4 Å². The molecule has 0 N–H and O–H groups in total. The van der Waals surface area contributed by atoms with Gasteiger partial charge in [-0.15, -0.1) is 0 Å². The highest BCUT2D eigenvalue weighted by atomic mass is 35.5. The van der Waals surface area contributed by atoms with Crippen molar-refractivity contribution >= 4 is 34.6 Å². The molecule has 0 amide bonds. The number of hydrogen-bond donors (Lipinski definition) is 0. The molecule has 5 nitrogen and oxygen atoms in total. The highest BCUT2D eigenvalue weighted by Gasteiger charge is 2.20. The van der Waals surface area contributed by atoms with Crippen molar-refractivity contribution in [2.45, 2.75) is 24.0 Å². The first-order chi connectivity index (χ1) is 10.6. The van der Waals surface area contributed by atoms with E-state index in [4.69, 9.17) is 23.8 Å². The monoisotopic (exact) mass is 375 g/mol. The SMILES string of the molecule is CC(C)S(=O)c1cc(-c2nn(C)c(=S)n(C)c2=O)c(F)cc1Cl. The van der Waals surface area contributed by atoms with Crippen LogP contribution in [0.25, 0.3) is 11.3 Å². The second kappa shape index (κ2) is 6.62. The van der Waals surface area contributed by atoms with E-state index in [-0.39, 0.29) is 31.2 Å². The normalized spacial score (nSPS) is 12.7. The van der Waals surface area contributed by atoms with Gasteiger partial charge in [0.2, 0.25) is 0 Å². The van der Waals surface area contributed by atoms with Crippen molar-refractivity contribution in [3.05, 3.63) is 38.1 Å². The second-order valence-corrected chi connectivity index (χ2v) is 7.98. The molecule has 124 valence electrons. The van der Waals surface area contributed by atoms with Crippen LogP contribution in [0.2, 0.25) is 5.02 Å². The number of aryl methyl sites for hydroxylation is 1. The summed E-state index contributed by atoms with van der Waals surface area (Å²) >= 11 is 11.0. The average Bonchev–Trinajstić information content (AvgIpc) is 2.48. The molecule has 0 aliphatic heterocycles. The molecule has 2 rings (SSSR count). The van der Waals surface area contributed by atoms with Crippen LogP contribution in [0.5, 0.6) is 0 Å². The molecule has 1 aromatic heterocycles. The van der Waals surface area contributed by atoms with E-state index >= 15 is 0 Å². The molecule has 0 radical (unpaired) electrons. The van der Waals surface area contributed by atoms with Gasteiger partial charge in [-0.25, -0.2) is 9.07 Å². The van der Waals surface area contributed by atoms with Crippen LogP contribution in [0.15, 0.2) is 21.8 Å². The fourth-order valence-corrected chi connectivity index (χ4v) is 3.48. The van der Waals surface area contributed by atoms with Crippen LogP contribution in [-0.2, 0) is 24.9 Å². The summed E-state index contributed by atoms with van der Waals surface area (Å²) in [7, 11) is 1.62. The third-order valence-corrected chi connectivity index (χ3v) is 5.83. The fourth-order valence-electron chi connectivity index (χ4n) is 1.99. The van der Waals surface area contributed by atoms with Gasteiger partial charge >= 0.3 is 0 Å². The number of aromatic nitrogens is 3. The van der Waals surface area contributed by atoms with E-state index in [1.165, 1.54) is 22.4 Å². The molecule has 0 saturated heterocycles. The maximum Gasteiger partial charge on any atom is 0.280 e. The Morgan fingerprint density at radius 1 is 1.35 bits per heavy atom. The van der Waals surface area contributed by atoms with Crippen LogP contribution in [0.3, 0.4) is 0 Å². The number of nitrogens with zero attached hydrogens (tertiary/aromatic N) is 3. The molecule has 0 aliphatic rings. The van der Waals surface area contributed by atoms with Gasteiger partial charge in [0.1, 0.15) is 5.82 Å². The predicted octanol–water partition coefficient (Wildman–Crippen LogP) is 2.82. The summed E-state index contributed by atoms with van der Waals surface area (Å²) in [6.45, 7) is 3.53. The lowest BCUT2D eigenvalue weighted by atomic mass is 10.1. The van der Waals surface area contributed by atoms with Gasteiger partial charge < -0.3 is 0 Å². The lowest BCUT2D eigenvalue weighted by Crippen LogP contribution is -2.26. The molecule has 23 heavy (non-hydrogen) atoms. The zero-order valence-corrected chi connectivity index (χ0v) is 15.4. The van der Waals surface area contributed by atoms with Gasteiger partial charge in [0.15, 0.2) is 10.5 Å². The van der Waals surface area contributed by atoms with Crippen molar-refractivity contribution in [1.82, 2.24) is 14.3 Å². The van der Waals surface area contributed by atoms with Crippen LogP contribution in [0, 0.1) is 10.6 Å². The number of rotatable bonds is 3. The maximum absolute atomic E-state index is 14.3. The van der Waals surface area contributed by atoms with Crippen LogP contribution >= 0.6 is 23.8 Å². The van der Waals surface area contributed by atoms with Crippen molar-refractivity contribution in [3.63, 3.8) is 0 Å². The van der Waals surface area contributed by atoms with Gasteiger partial charge in [0, 0.05) is 24.9 Å². The van der Waals surface area contributed by atoms with Crippen molar-refractivity contribution in [2.24, 2.45) is 14.1 Å². The van der Waals surface area contributed by atoms with Gasteiger partial charge in [0.25, 0.3) is 5.56 Å². The van der Waals surface area contributed by atoms with Gasteiger partial charge in [-0.1, -0.05) is 25.4 Å². The summed E-state index contributed by atoms with van der Waals surface area (Å²) < 4.78 is 29.3. The topological polar surface area (TPSA) is 56.9 Å². The van der Waals surface area contributed by atoms with E-state index < -0.39 is 22.2 Å². The Hall–Kier alpha value is -1.38. The molecule has 0 saturated carbocycles. The van der Waals surface area contributed by atoms with E-state index in [9.17, 15) is 13.4 Å². The molecule has 0 fully saturated rings. The Labute approximate surface area is 145 Å². The minimum Gasteiger partial charge on any atom is -0.285 e. The van der Waals surface area contributed by atoms with E-state index in [1.807, 2.05) is 0 Å². The highest BCUT2D eigenvalue weighted by molar-refractivity contribution is 7.85. The summed E-state index contributed by atoms with van der Waals surface area (Å²) in [5.74, 6) is -0.707. The van der Waals surface area contributed by atoms with Crippen molar-refractivity contribution in [1.29, 1.82) is 0 Å². The largest absolute Gasteiger partial charge is 0.285 e. The van der Waals surface area contributed by atoms with Crippen LogP contribution in [0.1, 0.15) is 13.8 Å².